The number of carbonyl (C=O) groups excluding carboxylic acids is 2. The molecule has 1 aliphatic rings. The highest BCUT2D eigenvalue weighted by Crippen LogP contribution is 2.27. The van der Waals surface area contributed by atoms with Gasteiger partial charge in [0, 0.05) is 12.5 Å². The second kappa shape index (κ2) is 6.65. The highest BCUT2D eigenvalue weighted by molar-refractivity contribution is 6.33. The van der Waals surface area contributed by atoms with Gasteiger partial charge in [0.1, 0.15) is 11.9 Å². The van der Waals surface area contributed by atoms with Gasteiger partial charge >= 0.3 is 0 Å². The number of nitrogens with one attached hydrogen (secondary N) is 1. The quantitative estimate of drug-likeness (QED) is 0.925. The fourth-order valence-electron chi connectivity index (χ4n) is 2.94. The summed E-state index contributed by atoms with van der Waals surface area (Å²) in [6.45, 7) is 4.30. The van der Waals surface area contributed by atoms with Gasteiger partial charge in [-0.15, -0.1) is 0 Å². The number of halogens is 1. The molecule has 1 aromatic heterocycles. The number of benzene rings is 1. The van der Waals surface area contributed by atoms with Crippen LogP contribution in [0.4, 0.5) is 11.5 Å². The lowest BCUT2D eigenvalue weighted by atomic mass is 10.1. The van der Waals surface area contributed by atoms with Crippen LogP contribution in [0.3, 0.4) is 0 Å². The normalized spacial score (nSPS) is 15.1. The Morgan fingerprint density at radius 3 is 2.88 bits per heavy atom. The maximum atomic E-state index is 12.8. The Morgan fingerprint density at radius 1 is 1.42 bits per heavy atom. The minimum absolute atomic E-state index is 0.0661. The molecular formula is C17H19ClN4O2. The van der Waals surface area contributed by atoms with E-state index in [9.17, 15) is 9.59 Å². The van der Waals surface area contributed by atoms with Crippen LogP contribution in [0, 0.1) is 6.92 Å². The number of para-hydroxylation sites is 1. The third kappa shape index (κ3) is 3.01. The number of hydrogen-bond acceptors (Lipinski definition) is 3. The Morgan fingerprint density at radius 2 is 2.17 bits per heavy atom. The van der Waals surface area contributed by atoms with Crippen molar-refractivity contribution in [2.45, 2.75) is 39.3 Å². The summed E-state index contributed by atoms with van der Waals surface area (Å²) in [5, 5.41) is 7.67. The number of anilines is 2. The van der Waals surface area contributed by atoms with Crippen LogP contribution in [0.5, 0.6) is 0 Å². The van der Waals surface area contributed by atoms with Crippen molar-refractivity contribution in [1.29, 1.82) is 0 Å². The Labute approximate surface area is 145 Å². The summed E-state index contributed by atoms with van der Waals surface area (Å²) >= 11 is 6.11. The number of nitrogens with zero attached hydrogens (tertiary/aromatic N) is 3. The summed E-state index contributed by atoms with van der Waals surface area (Å²) in [4.78, 5) is 26.8. The number of amides is 2. The molecule has 0 bridgehead atoms. The first-order chi connectivity index (χ1) is 11.5. The van der Waals surface area contributed by atoms with Gasteiger partial charge in [-0.2, -0.15) is 5.10 Å². The lowest BCUT2D eigenvalue weighted by Crippen LogP contribution is -2.50. The van der Waals surface area contributed by atoms with Crippen LogP contribution in [-0.4, -0.2) is 27.6 Å². The van der Waals surface area contributed by atoms with E-state index in [1.165, 1.54) is 0 Å². The molecule has 0 fully saturated rings. The third-order valence-electron chi connectivity index (χ3n) is 4.07. The van der Waals surface area contributed by atoms with Crippen LogP contribution in [0.1, 0.15) is 25.5 Å². The molecule has 126 valence electrons. The van der Waals surface area contributed by atoms with Crippen molar-refractivity contribution >= 4 is 34.9 Å². The van der Waals surface area contributed by atoms with Crippen molar-refractivity contribution in [2.24, 2.45) is 0 Å². The van der Waals surface area contributed by atoms with E-state index in [1.54, 1.807) is 33.8 Å². The van der Waals surface area contributed by atoms with Crippen molar-refractivity contribution in [3.05, 3.63) is 41.0 Å². The molecule has 2 aromatic rings. The third-order valence-corrected chi connectivity index (χ3v) is 4.40. The molecule has 1 aromatic carbocycles. The van der Waals surface area contributed by atoms with Crippen LogP contribution in [0.25, 0.3) is 0 Å². The minimum Gasteiger partial charge on any atom is -0.323 e. The first-order valence-corrected chi connectivity index (χ1v) is 8.31. The predicted octanol–water partition coefficient (Wildman–Crippen LogP) is 3.00. The van der Waals surface area contributed by atoms with E-state index >= 15 is 0 Å². The number of hydrogen-bond donors (Lipinski definition) is 1. The maximum Gasteiger partial charge on any atom is 0.247 e. The van der Waals surface area contributed by atoms with Gasteiger partial charge in [-0.3, -0.25) is 14.5 Å². The van der Waals surface area contributed by atoms with E-state index in [4.69, 9.17) is 11.6 Å². The highest BCUT2D eigenvalue weighted by Gasteiger charge is 2.35. The van der Waals surface area contributed by atoms with Crippen molar-refractivity contribution < 1.29 is 9.59 Å². The smallest absolute Gasteiger partial charge is 0.247 e. The van der Waals surface area contributed by atoms with Crippen molar-refractivity contribution in [3.8, 4) is 0 Å². The second-order valence-electron chi connectivity index (χ2n) is 5.77. The maximum absolute atomic E-state index is 12.8. The number of carbonyl (C=O) groups is 2. The Bertz CT molecular complexity index is 787. The van der Waals surface area contributed by atoms with Crippen LogP contribution in [0.15, 0.2) is 30.3 Å². The van der Waals surface area contributed by atoms with Gasteiger partial charge in [0.15, 0.2) is 0 Å². The standard InChI is InChI=1S/C17H19ClN4O2/c1-3-14(17(24)19-13-7-5-4-6-12(13)18)22-15-10-11(2)20-21(15)9-8-16(22)23/h4-7,10,14H,3,8-9H2,1-2H3,(H,19,24)/t14-/m1/s1. The molecule has 0 saturated heterocycles. The van der Waals surface area contributed by atoms with E-state index in [1.807, 2.05) is 19.9 Å². The second-order valence-corrected chi connectivity index (χ2v) is 6.18. The highest BCUT2D eigenvalue weighted by atomic mass is 35.5. The Balaban J connectivity index is 1.89. The molecule has 0 unspecified atom stereocenters. The van der Waals surface area contributed by atoms with Gasteiger partial charge in [-0.05, 0) is 25.5 Å². The fourth-order valence-corrected chi connectivity index (χ4v) is 3.12. The molecule has 6 nitrogen and oxygen atoms in total. The van der Waals surface area contributed by atoms with Crippen LogP contribution < -0.4 is 10.2 Å². The number of aryl methyl sites for hydroxylation is 2. The topological polar surface area (TPSA) is 67.2 Å². The van der Waals surface area contributed by atoms with Crippen molar-refractivity contribution in [2.75, 3.05) is 10.2 Å². The molecule has 2 heterocycles. The number of fused-ring (bicyclic) bond motifs is 1. The molecule has 1 aliphatic heterocycles. The molecule has 0 radical (unpaired) electrons. The van der Waals surface area contributed by atoms with E-state index in [0.29, 0.717) is 35.9 Å². The Hall–Kier alpha value is -2.34. The summed E-state index contributed by atoms with van der Waals surface area (Å²) in [7, 11) is 0. The van der Waals surface area contributed by atoms with Crippen LogP contribution >= 0.6 is 11.6 Å². The Kier molecular flexibility index (Phi) is 4.57. The van der Waals surface area contributed by atoms with Crippen LogP contribution in [-0.2, 0) is 16.1 Å². The average Bonchev–Trinajstić information content (AvgIpc) is 2.93. The summed E-state index contributed by atoms with van der Waals surface area (Å²) in [6.07, 6.45) is 0.830. The molecule has 0 saturated carbocycles. The van der Waals surface area contributed by atoms with Gasteiger partial charge in [0.2, 0.25) is 11.8 Å². The van der Waals surface area contributed by atoms with E-state index < -0.39 is 6.04 Å². The predicted molar refractivity (Wildman–Crippen MR) is 93.2 cm³/mol. The zero-order valence-electron chi connectivity index (χ0n) is 13.6. The van der Waals surface area contributed by atoms with Gasteiger partial charge < -0.3 is 5.32 Å². The van der Waals surface area contributed by atoms with Crippen LogP contribution in [0.2, 0.25) is 5.02 Å². The minimum atomic E-state index is -0.607. The monoisotopic (exact) mass is 346 g/mol. The first kappa shape index (κ1) is 16.5. The van der Waals surface area contributed by atoms with Gasteiger partial charge in [-0.25, -0.2) is 4.68 Å². The largest absolute Gasteiger partial charge is 0.323 e. The van der Waals surface area contributed by atoms with E-state index in [2.05, 4.69) is 10.4 Å². The van der Waals surface area contributed by atoms with E-state index in [0.717, 1.165) is 5.69 Å². The van der Waals surface area contributed by atoms with Gasteiger partial charge in [0.05, 0.1) is 22.9 Å². The number of rotatable bonds is 4. The fraction of sp³-hybridized carbons (Fsp3) is 0.353. The summed E-state index contributed by atoms with van der Waals surface area (Å²) < 4.78 is 1.78. The molecule has 7 heteroatoms. The lowest BCUT2D eigenvalue weighted by Gasteiger charge is -2.33. The van der Waals surface area contributed by atoms with E-state index in [-0.39, 0.29) is 11.8 Å². The van der Waals surface area contributed by atoms with Gasteiger partial charge in [-0.1, -0.05) is 30.7 Å². The van der Waals surface area contributed by atoms with Crippen molar-refractivity contribution in [3.63, 3.8) is 0 Å². The first-order valence-electron chi connectivity index (χ1n) is 7.93. The summed E-state index contributed by atoms with van der Waals surface area (Å²) in [5.74, 6) is 0.347. The SMILES string of the molecule is CC[C@H](C(=O)Nc1ccccc1Cl)N1C(=O)CCn2nc(C)cc21. The van der Waals surface area contributed by atoms with Gasteiger partial charge in [0.25, 0.3) is 0 Å². The molecule has 1 N–H and O–H groups in total. The molecular weight excluding hydrogens is 328 g/mol. The molecule has 1 atom stereocenters. The zero-order chi connectivity index (χ0) is 17.3. The molecule has 2 amide bonds. The average molecular weight is 347 g/mol. The lowest BCUT2D eigenvalue weighted by molar-refractivity contribution is -0.124. The van der Waals surface area contributed by atoms with Crippen molar-refractivity contribution in [1.82, 2.24) is 9.78 Å². The zero-order valence-corrected chi connectivity index (χ0v) is 14.4. The molecule has 24 heavy (non-hydrogen) atoms. The summed E-state index contributed by atoms with van der Waals surface area (Å²) in [6, 6.07) is 8.27. The number of aromatic nitrogens is 2. The summed E-state index contributed by atoms with van der Waals surface area (Å²) in [5.41, 5.74) is 1.36. The molecule has 0 aliphatic carbocycles. The molecule has 0 spiro atoms. The molecule has 3 rings (SSSR count).